The SMILES string of the molecule is Nc1ccc2c(/C=C/c3ccncc3)nn(C3CCCCO3)c2c1. The summed E-state index contributed by atoms with van der Waals surface area (Å²) in [6.45, 7) is 0.788. The molecule has 0 spiro atoms. The van der Waals surface area contributed by atoms with E-state index in [2.05, 4.69) is 4.98 Å². The number of aromatic nitrogens is 3. The van der Waals surface area contributed by atoms with Gasteiger partial charge >= 0.3 is 0 Å². The van der Waals surface area contributed by atoms with E-state index in [0.717, 1.165) is 53.7 Å². The molecule has 0 amide bonds. The van der Waals surface area contributed by atoms with Crippen LogP contribution in [0.5, 0.6) is 0 Å². The van der Waals surface area contributed by atoms with Crippen LogP contribution in [0.25, 0.3) is 23.1 Å². The number of fused-ring (bicyclic) bond motifs is 1. The summed E-state index contributed by atoms with van der Waals surface area (Å²) < 4.78 is 7.90. The first-order valence-corrected chi connectivity index (χ1v) is 8.29. The van der Waals surface area contributed by atoms with Crippen LogP contribution in [0.3, 0.4) is 0 Å². The minimum atomic E-state index is -0.00822. The molecule has 122 valence electrons. The van der Waals surface area contributed by atoms with Crippen LogP contribution in [-0.2, 0) is 4.74 Å². The highest BCUT2D eigenvalue weighted by Crippen LogP contribution is 2.30. The van der Waals surface area contributed by atoms with Crippen molar-refractivity contribution in [1.82, 2.24) is 14.8 Å². The Balaban J connectivity index is 1.76. The molecule has 1 aliphatic heterocycles. The Labute approximate surface area is 140 Å². The molecule has 1 unspecified atom stereocenters. The summed E-state index contributed by atoms with van der Waals surface area (Å²) in [5.74, 6) is 0. The zero-order valence-electron chi connectivity index (χ0n) is 13.4. The van der Waals surface area contributed by atoms with E-state index in [-0.39, 0.29) is 6.23 Å². The largest absolute Gasteiger partial charge is 0.399 e. The van der Waals surface area contributed by atoms with Crippen molar-refractivity contribution in [3.05, 3.63) is 54.0 Å². The molecule has 0 aliphatic carbocycles. The molecule has 2 aromatic heterocycles. The molecule has 3 aromatic rings. The van der Waals surface area contributed by atoms with Crippen LogP contribution in [0.1, 0.15) is 36.7 Å². The van der Waals surface area contributed by atoms with E-state index in [1.165, 1.54) is 0 Å². The van der Waals surface area contributed by atoms with Gasteiger partial charge in [0.25, 0.3) is 0 Å². The van der Waals surface area contributed by atoms with Crippen LogP contribution in [0.4, 0.5) is 5.69 Å². The Bertz CT molecular complexity index is 864. The number of nitrogens with two attached hydrogens (primary N) is 1. The molecule has 1 aliphatic rings. The first-order valence-electron chi connectivity index (χ1n) is 8.29. The number of hydrogen-bond donors (Lipinski definition) is 1. The maximum atomic E-state index is 5.99. The highest BCUT2D eigenvalue weighted by atomic mass is 16.5. The fourth-order valence-electron chi connectivity index (χ4n) is 3.09. The monoisotopic (exact) mass is 320 g/mol. The first kappa shape index (κ1) is 14.9. The van der Waals surface area contributed by atoms with Crippen molar-refractivity contribution in [3.8, 4) is 0 Å². The fourth-order valence-corrected chi connectivity index (χ4v) is 3.09. The lowest BCUT2D eigenvalue weighted by atomic mass is 10.1. The van der Waals surface area contributed by atoms with E-state index in [9.17, 15) is 0 Å². The summed E-state index contributed by atoms with van der Waals surface area (Å²) >= 11 is 0. The lowest BCUT2D eigenvalue weighted by Crippen LogP contribution is -2.19. The molecule has 5 nitrogen and oxygen atoms in total. The standard InChI is InChI=1S/C19H20N4O/c20-15-5-6-16-17(7-4-14-8-10-21-11-9-14)22-23(18(16)13-15)19-3-1-2-12-24-19/h4-11,13,19H,1-3,12,20H2/b7-4+. The maximum absolute atomic E-state index is 5.99. The molecule has 3 heterocycles. The molecule has 1 saturated heterocycles. The lowest BCUT2D eigenvalue weighted by Gasteiger charge is -2.23. The van der Waals surface area contributed by atoms with Gasteiger partial charge in [0.2, 0.25) is 0 Å². The van der Waals surface area contributed by atoms with Crippen LogP contribution in [-0.4, -0.2) is 21.4 Å². The number of ether oxygens (including phenoxy) is 1. The van der Waals surface area contributed by atoms with Gasteiger partial charge in [0.15, 0.2) is 6.23 Å². The Morgan fingerprint density at radius 3 is 2.79 bits per heavy atom. The molecule has 1 fully saturated rings. The van der Waals surface area contributed by atoms with Crippen molar-refractivity contribution >= 4 is 28.7 Å². The summed E-state index contributed by atoms with van der Waals surface area (Å²) in [6.07, 6.45) is 10.9. The van der Waals surface area contributed by atoms with E-state index < -0.39 is 0 Å². The van der Waals surface area contributed by atoms with E-state index in [1.54, 1.807) is 12.4 Å². The molecule has 2 N–H and O–H groups in total. The van der Waals surface area contributed by atoms with Crippen LogP contribution < -0.4 is 5.73 Å². The second-order valence-corrected chi connectivity index (χ2v) is 6.04. The molecule has 0 bridgehead atoms. The van der Waals surface area contributed by atoms with Crippen LogP contribution in [0.2, 0.25) is 0 Å². The molecular formula is C19H20N4O. The predicted molar refractivity (Wildman–Crippen MR) is 96.2 cm³/mol. The molecule has 1 aromatic carbocycles. The van der Waals surface area contributed by atoms with Crippen molar-refractivity contribution in [3.63, 3.8) is 0 Å². The number of nitrogen functional groups attached to an aromatic ring is 1. The number of pyridine rings is 1. The Hall–Kier alpha value is -2.66. The van der Waals surface area contributed by atoms with Crippen molar-refractivity contribution < 1.29 is 4.74 Å². The van der Waals surface area contributed by atoms with Gasteiger partial charge in [-0.05, 0) is 61.2 Å². The minimum Gasteiger partial charge on any atom is -0.399 e. The van der Waals surface area contributed by atoms with Gasteiger partial charge in [0, 0.05) is 30.1 Å². The van der Waals surface area contributed by atoms with Crippen molar-refractivity contribution in [2.75, 3.05) is 12.3 Å². The van der Waals surface area contributed by atoms with Gasteiger partial charge in [-0.3, -0.25) is 4.98 Å². The Kier molecular flexibility index (Phi) is 4.01. The molecule has 1 atom stereocenters. The van der Waals surface area contributed by atoms with Gasteiger partial charge in [-0.1, -0.05) is 6.08 Å². The highest BCUT2D eigenvalue weighted by Gasteiger charge is 2.20. The Morgan fingerprint density at radius 2 is 2.00 bits per heavy atom. The summed E-state index contributed by atoms with van der Waals surface area (Å²) in [6, 6.07) is 9.86. The van der Waals surface area contributed by atoms with Gasteiger partial charge in [-0.2, -0.15) is 5.10 Å². The third-order valence-electron chi connectivity index (χ3n) is 4.33. The summed E-state index contributed by atoms with van der Waals surface area (Å²) in [7, 11) is 0. The van der Waals surface area contributed by atoms with Crippen molar-refractivity contribution in [1.29, 1.82) is 0 Å². The van der Waals surface area contributed by atoms with E-state index in [4.69, 9.17) is 15.6 Å². The average Bonchev–Trinajstić information content (AvgIpc) is 2.99. The van der Waals surface area contributed by atoms with Gasteiger partial charge in [-0.25, -0.2) is 4.68 Å². The number of rotatable bonds is 3. The van der Waals surface area contributed by atoms with Gasteiger partial charge in [-0.15, -0.1) is 0 Å². The molecule has 0 radical (unpaired) electrons. The normalized spacial score (nSPS) is 18.4. The lowest BCUT2D eigenvalue weighted by molar-refractivity contribution is -0.0367. The zero-order valence-corrected chi connectivity index (χ0v) is 13.4. The molecular weight excluding hydrogens is 300 g/mol. The number of hydrogen-bond acceptors (Lipinski definition) is 4. The van der Waals surface area contributed by atoms with E-state index in [1.807, 2.05) is 47.2 Å². The first-order chi connectivity index (χ1) is 11.8. The highest BCUT2D eigenvalue weighted by molar-refractivity contribution is 5.91. The summed E-state index contributed by atoms with van der Waals surface area (Å²) in [5, 5.41) is 5.89. The second-order valence-electron chi connectivity index (χ2n) is 6.04. The van der Waals surface area contributed by atoms with Crippen molar-refractivity contribution in [2.24, 2.45) is 0 Å². The van der Waals surface area contributed by atoms with E-state index >= 15 is 0 Å². The van der Waals surface area contributed by atoms with Crippen LogP contribution in [0, 0.1) is 0 Å². The molecule has 4 rings (SSSR count). The van der Waals surface area contributed by atoms with Gasteiger partial charge in [0.05, 0.1) is 11.2 Å². The molecule has 0 saturated carbocycles. The maximum Gasteiger partial charge on any atom is 0.150 e. The minimum absolute atomic E-state index is 0.00822. The number of anilines is 1. The average molecular weight is 320 g/mol. The van der Waals surface area contributed by atoms with Crippen LogP contribution in [0.15, 0.2) is 42.7 Å². The number of nitrogens with zero attached hydrogens (tertiary/aromatic N) is 3. The Morgan fingerprint density at radius 1 is 1.12 bits per heavy atom. The van der Waals surface area contributed by atoms with Crippen LogP contribution >= 0.6 is 0 Å². The second kappa shape index (κ2) is 6.45. The third-order valence-corrected chi connectivity index (χ3v) is 4.33. The fraction of sp³-hybridized carbons (Fsp3) is 0.263. The smallest absolute Gasteiger partial charge is 0.150 e. The quantitative estimate of drug-likeness (QED) is 0.744. The summed E-state index contributed by atoms with van der Waals surface area (Å²) in [4.78, 5) is 4.04. The predicted octanol–water partition coefficient (Wildman–Crippen LogP) is 3.88. The molecule has 5 heteroatoms. The van der Waals surface area contributed by atoms with Crippen molar-refractivity contribution in [2.45, 2.75) is 25.5 Å². The number of benzene rings is 1. The third kappa shape index (κ3) is 2.90. The van der Waals surface area contributed by atoms with E-state index in [0.29, 0.717) is 0 Å². The van der Waals surface area contributed by atoms with Gasteiger partial charge < -0.3 is 10.5 Å². The summed E-state index contributed by atoms with van der Waals surface area (Å²) in [5.41, 5.74) is 9.78. The van der Waals surface area contributed by atoms with Gasteiger partial charge in [0.1, 0.15) is 0 Å². The topological polar surface area (TPSA) is 66.0 Å². The molecule has 24 heavy (non-hydrogen) atoms. The zero-order chi connectivity index (χ0) is 16.4.